The van der Waals surface area contributed by atoms with Gasteiger partial charge in [0.2, 0.25) is 6.29 Å². The van der Waals surface area contributed by atoms with Crippen molar-refractivity contribution in [1.29, 1.82) is 0 Å². The Morgan fingerprint density at radius 1 is 1.47 bits per heavy atom. The van der Waals surface area contributed by atoms with Gasteiger partial charge in [0.05, 0.1) is 12.2 Å². The molecule has 0 fully saturated rings. The Balaban J connectivity index is 2.14. The smallest absolute Gasteiger partial charge is 0.341 e. The molecule has 1 aliphatic heterocycles. The number of benzene rings is 1. The zero-order valence-corrected chi connectivity index (χ0v) is 8.47. The fourth-order valence-corrected chi connectivity index (χ4v) is 1.48. The van der Waals surface area contributed by atoms with Gasteiger partial charge >= 0.3 is 5.97 Å². The lowest BCUT2D eigenvalue weighted by molar-refractivity contribution is -0.0943. The molecule has 1 unspecified atom stereocenters. The van der Waals surface area contributed by atoms with Crippen LogP contribution in [-0.4, -0.2) is 12.6 Å². The second-order valence-electron chi connectivity index (χ2n) is 3.23. The largest absolute Gasteiger partial charge is 0.428 e. The Morgan fingerprint density at radius 2 is 2.27 bits per heavy atom. The van der Waals surface area contributed by atoms with Gasteiger partial charge in [-0.15, -0.1) is 0 Å². The second-order valence-corrected chi connectivity index (χ2v) is 3.23. The van der Waals surface area contributed by atoms with Crippen LogP contribution in [0.3, 0.4) is 0 Å². The summed E-state index contributed by atoms with van der Waals surface area (Å²) < 4.78 is 10.5. The maximum atomic E-state index is 11.4. The fourth-order valence-electron chi connectivity index (χ4n) is 1.48. The number of ether oxygens (including phenoxy) is 2. The predicted octanol–water partition coefficient (Wildman–Crippen LogP) is 2.45. The lowest BCUT2D eigenvalue weighted by atomic mass is 10.1. The number of fused-ring (bicyclic) bond motifs is 1. The molecule has 1 heterocycles. The summed E-state index contributed by atoms with van der Waals surface area (Å²) in [6.07, 6.45) is 3.21. The van der Waals surface area contributed by atoms with Gasteiger partial charge < -0.3 is 9.47 Å². The zero-order chi connectivity index (χ0) is 10.7. The van der Waals surface area contributed by atoms with Gasteiger partial charge in [-0.25, -0.2) is 4.79 Å². The Hall–Kier alpha value is -1.61. The van der Waals surface area contributed by atoms with E-state index in [2.05, 4.69) is 0 Å². The van der Waals surface area contributed by atoms with E-state index in [9.17, 15) is 4.79 Å². The molecule has 0 N–H and O–H groups in total. The summed E-state index contributed by atoms with van der Waals surface area (Å²) in [4.78, 5) is 11.4. The molecule has 0 spiro atoms. The van der Waals surface area contributed by atoms with Crippen LogP contribution in [0.25, 0.3) is 0 Å². The van der Waals surface area contributed by atoms with Crippen LogP contribution >= 0.6 is 0 Å². The number of carbonyl (C=O) groups excluding carboxylic acids is 1. The number of esters is 1. The Morgan fingerprint density at radius 3 is 3.07 bits per heavy atom. The van der Waals surface area contributed by atoms with Crippen molar-refractivity contribution in [2.45, 2.75) is 13.2 Å². The Kier molecular flexibility index (Phi) is 2.83. The van der Waals surface area contributed by atoms with E-state index in [4.69, 9.17) is 9.47 Å². The van der Waals surface area contributed by atoms with Crippen molar-refractivity contribution in [3.63, 3.8) is 0 Å². The topological polar surface area (TPSA) is 35.5 Å². The predicted molar refractivity (Wildman–Crippen MR) is 55.4 cm³/mol. The number of rotatable bonds is 3. The highest BCUT2D eigenvalue weighted by molar-refractivity contribution is 5.93. The van der Waals surface area contributed by atoms with Gasteiger partial charge in [0.1, 0.15) is 0 Å². The van der Waals surface area contributed by atoms with Crippen LogP contribution in [0.4, 0.5) is 0 Å². The van der Waals surface area contributed by atoms with Crippen LogP contribution in [0.1, 0.15) is 29.1 Å². The average Bonchev–Trinajstić information content (AvgIpc) is 2.58. The molecule has 0 saturated heterocycles. The summed E-state index contributed by atoms with van der Waals surface area (Å²) in [7, 11) is 0. The molecule has 0 saturated carbocycles. The summed E-state index contributed by atoms with van der Waals surface area (Å²) in [6, 6.07) is 7.28. The highest BCUT2D eigenvalue weighted by Crippen LogP contribution is 2.30. The molecule has 3 heteroatoms. The minimum Gasteiger partial charge on any atom is -0.428 e. The third kappa shape index (κ3) is 1.92. The number of hydrogen-bond donors (Lipinski definition) is 0. The molecule has 2 rings (SSSR count). The van der Waals surface area contributed by atoms with Gasteiger partial charge in [0.25, 0.3) is 0 Å². The van der Waals surface area contributed by atoms with Crippen LogP contribution in [0, 0.1) is 0 Å². The van der Waals surface area contributed by atoms with Crippen molar-refractivity contribution >= 4 is 5.97 Å². The summed E-state index contributed by atoms with van der Waals surface area (Å²) in [5.74, 6) is -0.309. The molecule has 1 aliphatic rings. The highest BCUT2D eigenvalue weighted by Gasteiger charge is 2.30. The third-order valence-corrected chi connectivity index (χ3v) is 2.23. The van der Waals surface area contributed by atoms with E-state index in [-0.39, 0.29) is 5.97 Å². The number of allylic oxidation sites excluding steroid dienone is 1. The van der Waals surface area contributed by atoms with E-state index >= 15 is 0 Å². The van der Waals surface area contributed by atoms with E-state index in [1.54, 1.807) is 6.07 Å². The van der Waals surface area contributed by atoms with E-state index in [1.165, 1.54) is 0 Å². The lowest BCUT2D eigenvalue weighted by Crippen LogP contribution is -2.03. The van der Waals surface area contributed by atoms with Gasteiger partial charge in [-0.3, -0.25) is 0 Å². The molecule has 3 nitrogen and oxygen atoms in total. The van der Waals surface area contributed by atoms with Crippen molar-refractivity contribution < 1.29 is 14.3 Å². The van der Waals surface area contributed by atoms with E-state index in [1.807, 2.05) is 37.3 Å². The number of cyclic esters (lactones) is 1. The minimum atomic E-state index is -0.551. The Labute approximate surface area is 88.3 Å². The summed E-state index contributed by atoms with van der Waals surface area (Å²) in [6.45, 7) is 2.36. The first kappa shape index (κ1) is 9.93. The van der Waals surface area contributed by atoms with E-state index in [0.29, 0.717) is 12.2 Å². The molecule has 0 aromatic heterocycles. The standard InChI is InChI=1S/C12H12O3/c1-2-3-8-14-12-10-7-5-4-6-9(10)11(13)15-12/h2-7,12H,8H2,1H3/b3-2+. The van der Waals surface area contributed by atoms with Crippen molar-refractivity contribution in [3.8, 4) is 0 Å². The van der Waals surface area contributed by atoms with Crippen LogP contribution in [0.5, 0.6) is 0 Å². The first-order valence-corrected chi connectivity index (χ1v) is 4.85. The van der Waals surface area contributed by atoms with Gasteiger partial charge in [0.15, 0.2) is 0 Å². The molecule has 0 radical (unpaired) electrons. The first-order chi connectivity index (χ1) is 7.33. The van der Waals surface area contributed by atoms with Gasteiger partial charge in [-0.2, -0.15) is 0 Å². The quantitative estimate of drug-likeness (QED) is 0.560. The van der Waals surface area contributed by atoms with Gasteiger partial charge in [-0.1, -0.05) is 30.4 Å². The third-order valence-electron chi connectivity index (χ3n) is 2.23. The molecule has 0 aliphatic carbocycles. The van der Waals surface area contributed by atoms with Crippen LogP contribution in [0.15, 0.2) is 36.4 Å². The Bertz CT molecular complexity index is 396. The maximum Gasteiger partial charge on any atom is 0.341 e. The van der Waals surface area contributed by atoms with Crippen molar-refractivity contribution in [2.24, 2.45) is 0 Å². The lowest BCUT2D eigenvalue weighted by Gasteiger charge is -2.09. The zero-order valence-electron chi connectivity index (χ0n) is 8.47. The molecular weight excluding hydrogens is 192 g/mol. The monoisotopic (exact) mass is 204 g/mol. The number of hydrogen-bond acceptors (Lipinski definition) is 3. The molecule has 15 heavy (non-hydrogen) atoms. The summed E-state index contributed by atoms with van der Waals surface area (Å²) >= 11 is 0. The minimum absolute atomic E-state index is 0.309. The van der Waals surface area contributed by atoms with Crippen molar-refractivity contribution in [3.05, 3.63) is 47.5 Å². The van der Waals surface area contributed by atoms with Crippen LogP contribution < -0.4 is 0 Å². The molecule has 78 valence electrons. The van der Waals surface area contributed by atoms with E-state index in [0.717, 1.165) is 5.56 Å². The summed E-state index contributed by atoms with van der Waals surface area (Å²) in [5, 5.41) is 0. The van der Waals surface area contributed by atoms with Gasteiger partial charge in [-0.05, 0) is 13.0 Å². The first-order valence-electron chi connectivity index (χ1n) is 4.85. The van der Waals surface area contributed by atoms with Gasteiger partial charge in [0, 0.05) is 5.56 Å². The number of carbonyl (C=O) groups is 1. The van der Waals surface area contributed by atoms with Crippen LogP contribution in [0.2, 0.25) is 0 Å². The average molecular weight is 204 g/mol. The molecule has 0 bridgehead atoms. The summed E-state index contributed by atoms with van der Waals surface area (Å²) in [5.41, 5.74) is 1.41. The molecule has 1 aromatic carbocycles. The molecular formula is C12H12O3. The van der Waals surface area contributed by atoms with Crippen molar-refractivity contribution in [1.82, 2.24) is 0 Å². The van der Waals surface area contributed by atoms with Crippen molar-refractivity contribution in [2.75, 3.05) is 6.61 Å². The highest BCUT2D eigenvalue weighted by atomic mass is 16.7. The molecule has 0 amide bonds. The fraction of sp³-hybridized carbons (Fsp3) is 0.250. The molecule has 1 atom stereocenters. The van der Waals surface area contributed by atoms with E-state index < -0.39 is 6.29 Å². The van der Waals surface area contributed by atoms with Crippen LogP contribution in [-0.2, 0) is 9.47 Å². The second kappa shape index (κ2) is 4.28. The normalized spacial score (nSPS) is 19.3. The molecule has 1 aromatic rings. The SMILES string of the molecule is C/C=C/COC1OC(=O)c2ccccc21. The maximum absolute atomic E-state index is 11.4.